The number of pyridine rings is 2. The molecule has 5 nitrogen and oxygen atoms in total. The Hall–Kier alpha value is -3.69. The van der Waals surface area contributed by atoms with Gasteiger partial charge in [0.25, 0.3) is 5.82 Å². The normalized spacial score (nSPS) is 12.7. The Balaban J connectivity index is 1.84. The minimum Gasteiger partial charge on any atom is -0.256 e. The van der Waals surface area contributed by atoms with Gasteiger partial charge in [-0.05, 0) is 46.7 Å². The summed E-state index contributed by atoms with van der Waals surface area (Å²) in [6, 6.07) is 11.9. The average molecular weight is 502 g/mol. The lowest BCUT2D eigenvalue weighted by molar-refractivity contribution is -0.145. The van der Waals surface area contributed by atoms with E-state index in [1.165, 1.54) is 18.5 Å². The maximum absolute atomic E-state index is 15.1. The molecule has 36 heavy (non-hydrogen) atoms. The highest BCUT2D eigenvalue weighted by Gasteiger charge is 2.43. The second kappa shape index (κ2) is 9.07. The first-order valence-corrected chi connectivity index (χ1v) is 11.2. The lowest BCUT2D eigenvalue weighted by Gasteiger charge is -2.43. The van der Waals surface area contributed by atoms with Crippen molar-refractivity contribution in [3.8, 4) is 22.8 Å². The molecular formula is C26H24F5N5. The van der Waals surface area contributed by atoms with E-state index in [1.54, 1.807) is 64.1 Å². The van der Waals surface area contributed by atoms with Gasteiger partial charge in [0.2, 0.25) is 0 Å². The lowest BCUT2D eigenvalue weighted by Crippen LogP contribution is -2.41. The zero-order valence-electron chi connectivity index (χ0n) is 20.1. The summed E-state index contributed by atoms with van der Waals surface area (Å²) < 4.78 is 71.3. The van der Waals surface area contributed by atoms with E-state index in [2.05, 4.69) is 20.1 Å². The van der Waals surface area contributed by atoms with Gasteiger partial charge in [0, 0.05) is 30.6 Å². The molecule has 3 aromatic heterocycles. The molecule has 0 bridgehead atoms. The van der Waals surface area contributed by atoms with E-state index < -0.39 is 34.5 Å². The molecule has 0 atom stereocenters. The summed E-state index contributed by atoms with van der Waals surface area (Å²) in [6.45, 7) is 7.13. The van der Waals surface area contributed by atoms with E-state index >= 15 is 4.39 Å². The van der Waals surface area contributed by atoms with Crippen LogP contribution in [0.3, 0.4) is 0 Å². The van der Waals surface area contributed by atoms with Gasteiger partial charge in [-0.25, -0.2) is 18.4 Å². The topological polar surface area (TPSA) is 56.5 Å². The Bertz CT molecular complexity index is 1360. The molecule has 0 radical (unpaired) electrons. The second-order valence-electron chi connectivity index (χ2n) is 9.66. The molecule has 0 saturated heterocycles. The van der Waals surface area contributed by atoms with Gasteiger partial charge in [-0.15, -0.1) is 5.10 Å². The minimum absolute atomic E-state index is 0.0468. The first-order chi connectivity index (χ1) is 16.8. The number of halogens is 5. The van der Waals surface area contributed by atoms with Crippen molar-refractivity contribution in [1.82, 2.24) is 24.7 Å². The van der Waals surface area contributed by atoms with Crippen LogP contribution in [0.4, 0.5) is 22.0 Å². The third-order valence-electron chi connectivity index (χ3n) is 6.71. The van der Waals surface area contributed by atoms with Gasteiger partial charge in [0.05, 0.1) is 5.69 Å². The minimum atomic E-state index is -4.76. The molecule has 0 amide bonds. The SMILES string of the molecule is CC(C)(Cn1nc(C(F)(F)F)nc1-c1ccccn1)C(C)(C)c1cc(F)cc(F)c1-c1ccccn1. The molecular weight excluding hydrogens is 477 g/mol. The Labute approximate surface area is 205 Å². The molecule has 0 fully saturated rings. The van der Waals surface area contributed by atoms with Crippen molar-refractivity contribution < 1.29 is 22.0 Å². The molecule has 0 aliphatic rings. The van der Waals surface area contributed by atoms with Crippen molar-refractivity contribution in [2.45, 2.75) is 45.8 Å². The van der Waals surface area contributed by atoms with Gasteiger partial charge >= 0.3 is 6.18 Å². The van der Waals surface area contributed by atoms with Crippen LogP contribution < -0.4 is 0 Å². The average Bonchev–Trinajstić information content (AvgIpc) is 3.23. The predicted octanol–water partition coefficient (Wildman–Crippen LogP) is 6.70. The molecule has 0 aliphatic heterocycles. The molecule has 0 spiro atoms. The van der Waals surface area contributed by atoms with Gasteiger partial charge in [0.1, 0.15) is 17.3 Å². The van der Waals surface area contributed by atoms with Crippen LogP contribution >= 0.6 is 0 Å². The number of nitrogens with zero attached hydrogens (tertiary/aromatic N) is 5. The Morgan fingerprint density at radius 1 is 0.833 bits per heavy atom. The molecule has 0 aliphatic carbocycles. The van der Waals surface area contributed by atoms with Gasteiger partial charge < -0.3 is 0 Å². The number of hydrogen-bond acceptors (Lipinski definition) is 4. The van der Waals surface area contributed by atoms with Crippen molar-refractivity contribution in [3.63, 3.8) is 0 Å². The molecule has 0 N–H and O–H groups in total. The largest absolute Gasteiger partial charge is 0.453 e. The van der Waals surface area contributed by atoms with Crippen LogP contribution in [0.2, 0.25) is 0 Å². The van der Waals surface area contributed by atoms with Gasteiger partial charge in [0.15, 0.2) is 5.82 Å². The van der Waals surface area contributed by atoms with Gasteiger partial charge in [-0.1, -0.05) is 39.8 Å². The van der Waals surface area contributed by atoms with Crippen LogP contribution in [-0.2, 0) is 18.1 Å². The molecule has 1 aromatic carbocycles. The van der Waals surface area contributed by atoms with E-state index in [9.17, 15) is 17.6 Å². The quantitative estimate of drug-likeness (QED) is 0.276. The van der Waals surface area contributed by atoms with E-state index in [0.29, 0.717) is 11.3 Å². The monoisotopic (exact) mass is 501 g/mol. The highest BCUT2D eigenvalue weighted by atomic mass is 19.4. The molecule has 3 heterocycles. The summed E-state index contributed by atoms with van der Waals surface area (Å²) in [4.78, 5) is 12.1. The number of alkyl halides is 3. The van der Waals surface area contributed by atoms with Crippen molar-refractivity contribution >= 4 is 0 Å². The van der Waals surface area contributed by atoms with Crippen LogP contribution in [0.5, 0.6) is 0 Å². The third kappa shape index (κ3) is 4.72. The van der Waals surface area contributed by atoms with Crippen LogP contribution in [0.25, 0.3) is 22.8 Å². The molecule has 0 unspecified atom stereocenters. The van der Waals surface area contributed by atoms with Crippen LogP contribution in [-0.4, -0.2) is 24.7 Å². The number of benzene rings is 1. The maximum atomic E-state index is 15.1. The fraction of sp³-hybridized carbons (Fsp3) is 0.308. The Morgan fingerprint density at radius 3 is 2.00 bits per heavy atom. The maximum Gasteiger partial charge on any atom is 0.453 e. The summed E-state index contributed by atoms with van der Waals surface area (Å²) in [5, 5.41) is 3.75. The second-order valence-corrected chi connectivity index (χ2v) is 9.66. The van der Waals surface area contributed by atoms with Crippen LogP contribution in [0, 0.1) is 17.0 Å². The van der Waals surface area contributed by atoms with E-state index in [4.69, 9.17) is 0 Å². The summed E-state index contributed by atoms with van der Waals surface area (Å²) in [6.07, 6.45) is -1.80. The first-order valence-electron chi connectivity index (χ1n) is 11.2. The number of rotatable bonds is 6. The zero-order chi connectivity index (χ0) is 26.3. The molecule has 10 heteroatoms. The van der Waals surface area contributed by atoms with Crippen LogP contribution in [0.15, 0.2) is 60.9 Å². The standard InChI is InChI=1S/C26H24F5N5/c1-24(2,15-36-22(20-10-6-8-12-33-20)34-23(35-36)26(29,30)31)25(3,4)17-13-16(27)14-18(28)21(17)19-9-5-7-11-32-19/h5-14H,15H2,1-4H3. The molecule has 0 saturated carbocycles. The predicted molar refractivity (Wildman–Crippen MR) is 125 cm³/mol. The van der Waals surface area contributed by atoms with E-state index in [0.717, 1.165) is 10.7 Å². The lowest BCUT2D eigenvalue weighted by atomic mass is 9.62. The molecule has 4 aromatic rings. The summed E-state index contributed by atoms with van der Waals surface area (Å²) >= 11 is 0. The first kappa shape index (κ1) is 25.4. The smallest absolute Gasteiger partial charge is 0.256 e. The third-order valence-corrected chi connectivity index (χ3v) is 6.71. The highest BCUT2D eigenvalue weighted by Crippen LogP contribution is 2.47. The fourth-order valence-corrected chi connectivity index (χ4v) is 4.03. The Morgan fingerprint density at radius 2 is 1.44 bits per heavy atom. The van der Waals surface area contributed by atoms with E-state index in [1.807, 2.05) is 0 Å². The van der Waals surface area contributed by atoms with Crippen molar-refractivity contribution in [3.05, 3.63) is 83.9 Å². The zero-order valence-corrected chi connectivity index (χ0v) is 20.1. The van der Waals surface area contributed by atoms with Gasteiger partial charge in [-0.2, -0.15) is 13.2 Å². The van der Waals surface area contributed by atoms with Crippen molar-refractivity contribution in [1.29, 1.82) is 0 Å². The van der Waals surface area contributed by atoms with Crippen LogP contribution in [0.1, 0.15) is 39.1 Å². The summed E-state index contributed by atoms with van der Waals surface area (Å²) in [5.41, 5.74) is -0.831. The van der Waals surface area contributed by atoms with Crippen molar-refractivity contribution in [2.24, 2.45) is 5.41 Å². The highest BCUT2D eigenvalue weighted by molar-refractivity contribution is 5.66. The fourth-order valence-electron chi connectivity index (χ4n) is 4.03. The number of hydrogen-bond donors (Lipinski definition) is 0. The van der Waals surface area contributed by atoms with Gasteiger partial charge in [-0.3, -0.25) is 9.97 Å². The van der Waals surface area contributed by atoms with Crippen molar-refractivity contribution in [2.75, 3.05) is 0 Å². The summed E-state index contributed by atoms with van der Waals surface area (Å²) in [7, 11) is 0. The number of aromatic nitrogens is 5. The molecule has 188 valence electrons. The van der Waals surface area contributed by atoms with E-state index in [-0.39, 0.29) is 23.6 Å². The Kier molecular flexibility index (Phi) is 6.40. The summed E-state index contributed by atoms with van der Waals surface area (Å²) in [5.74, 6) is -2.88. The molecule has 4 rings (SSSR count).